The fourth-order valence-corrected chi connectivity index (χ4v) is 1.77. The Balaban J connectivity index is 2.18. The van der Waals surface area contributed by atoms with Crippen LogP contribution in [0.25, 0.3) is 0 Å². The van der Waals surface area contributed by atoms with Crippen LogP contribution in [-0.2, 0) is 7.05 Å². The predicted octanol–water partition coefficient (Wildman–Crippen LogP) is 2.15. The lowest BCUT2D eigenvalue weighted by Crippen LogP contribution is -2.14. The van der Waals surface area contributed by atoms with Crippen molar-refractivity contribution in [2.75, 3.05) is 12.4 Å². The molecule has 0 atom stereocenters. The Morgan fingerprint density at radius 2 is 2.21 bits per heavy atom. The third-order valence-electron chi connectivity index (χ3n) is 2.54. The van der Waals surface area contributed by atoms with Crippen LogP contribution in [0.1, 0.15) is 16.2 Å². The molecule has 0 fully saturated rings. The molecule has 0 aliphatic heterocycles. The van der Waals surface area contributed by atoms with Gasteiger partial charge in [0.05, 0.1) is 12.8 Å². The molecule has 100 valence electrons. The van der Waals surface area contributed by atoms with Gasteiger partial charge in [-0.15, -0.1) is 0 Å². The lowest BCUT2D eigenvalue weighted by atomic mass is 10.3. The van der Waals surface area contributed by atoms with Crippen LogP contribution in [0.15, 0.2) is 22.7 Å². The van der Waals surface area contributed by atoms with Gasteiger partial charge in [0.15, 0.2) is 5.69 Å². The number of amides is 1. The van der Waals surface area contributed by atoms with Crippen molar-refractivity contribution in [1.29, 1.82) is 0 Å². The van der Waals surface area contributed by atoms with Gasteiger partial charge < -0.3 is 10.1 Å². The number of nitrogens with one attached hydrogen (secondary N) is 1. The number of aryl methyl sites for hydroxylation is 2. The average molecular weight is 325 g/mol. The Labute approximate surface area is 118 Å². The number of carbonyl (C=O) groups is 1. The summed E-state index contributed by atoms with van der Waals surface area (Å²) in [6.45, 7) is 1.85. The highest BCUT2D eigenvalue weighted by atomic mass is 79.9. The summed E-state index contributed by atoms with van der Waals surface area (Å²) in [4.78, 5) is 16.2. The Hall–Kier alpha value is -1.89. The van der Waals surface area contributed by atoms with Crippen LogP contribution in [0.4, 0.5) is 5.82 Å². The second-order valence-corrected chi connectivity index (χ2v) is 4.77. The highest BCUT2D eigenvalue weighted by molar-refractivity contribution is 9.10. The first-order chi connectivity index (χ1) is 9.01. The van der Waals surface area contributed by atoms with Gasteiger partial charge in [-0.1, -0.05) is 0 Å². The van der Waals surface area contributed by atoms with Crippen molar-refractivity contribution in [3.8, 4) is 5.88 Å². The minimum Gasteiger partial charge on any atom is -0.481 e. The van der Waals surface area contributed by atoms with Crippen molar-refractivity contribution in [2.24, 2.45) is 7.05 Å². The maximum absolute atomic E-state index is 12.0. The number of methoxy groups -OCH3 is 1. The third kappa shape index (κ3) is 2.93. The van der Waals surface area contributed by atoms with E-state index >= 15 is 0 Å². The second-order valence-electron chi connectivity index (χ2n) is 3.91. The van der Waals surface area contributed by atoms with Crippen LogP contribution in [-0.4, -0.2) is 27.8 Å². The van der Waals surface area contributed by atoms with E-state index in [4.69, 9.17) is 4.74 Å². The summed E-state index contributed by atoms with van der Waals surface area (Å²) >= 11 is 3.36. The van der Waals surface area contributed by atoms with Gasteiger partial charge >= 0.3 is 0 Å². The number of aromatic nitrogens is 3. The number of anilines is 1. The molecule has 2 rings (SSSR count). The summed E-state index contributed by atoms with van der Waals surface area (Å²) < 4.78 is 7.45. The number of pyridine rings is 1. The Bertz CT molecular complexity index is 624. The highest BCUT2D eigenvalue weighted by Crippen LogP contribution is 2.17. The van der Waals surface area contributed by atoms with Crippen molar-refractivity contribution in [3.63, 3.8) is 0 Å². The van der Waals surface area contributed by atoms with Crippen LogP contribution < -0.4 is 10.1 Å². The van der Waals surface area contributed by atoms with E-state index in [0.717, 1.165) is 10.2 Å². The molecule has 7 heteroatoms. The summed E-state index contributed by atoms with van der Waals surface area (Å²) in [5.74, 6) is 0.675. The largest absolute Gasteiger partial charge is 0.481 e. The van der Waals surface area contributed by atoms with E-state index in [-0.39, 0.29) is 11.6 Å². The molecule has 1 N–H and O–H groups in total. The topological polar surface area (TPSA) is 69.0 Å². The molecular weight excluding hydrogens is 312 g/mol. The number of ether oxygens (including phenoxy) is 1. The summed E-state index contributed by atoms with van der Waals surface area (Å²) in [5, 5.41) is 6.75. The molecule has 0 aromatic carbocycles. The molecule has 0 aliphatic rings. The number of halogens is 1. The first-order valence-electron chi connectivity index (χ1n) is 5.54. The molecule has 0 saturated carbocycles. The van der Waals surface area contributed by atoms with E-state index in [1.807, 2.05) is 13.0 Å². The van der Waals surface area contributed by atoms with Gasteiger partial charge in [0.25, 0.3) is 5.91 Å². The zero-order valence-electron chi connectivity index (χ0n) is 10.8. The average Bonchev–Trinajstić information content (AvgIpc) is 2.75. The van der Waals surface area contributed by atoms with E-state index in [9.17, 15) is 4.79 Å². The molecule has 0 bridgehead atoms. The van der Waals surface area contributed by atoms with E-state index in [2.05, 4.69) is 31.3 Å². The zero-order valence-corrected chi connectivity index (χ0v) is 12.4. The molecule has 0 saturated heterocycles. The zero-order chi connectivity index (χ0) is 14.0. The third-order valence-corrected chi connectivity index (χ3v) is 3.38. The van der Waals surface area contributed by atoms with E-state index in [1.165, 1.54) is 11.8 Å². The number of hydrogen-bond acceptors (Lipinski definition) is 4. The van der Waals surface area contributed by atoms with Crippen LogP contribution in [0.5, 0.6) is 5.88 Å². The van der Waals surface area contributed by atoms with Gasteiger partial charge in [0.2, 0.25) is 5.88 Å². The summed E-state index contributed by atoms with van der Waals surface area (Å²) in [6.07, 6.45) is 0. The van der Waals surface area contributed by atoms with Crippen molar-refractivity contribution >= 4 is 27.7 Å². The molecule has 1 amide bonds. The van der Waals surface area contributed by atoms with Crippen molar-refractivity contribution in [1.82, 2.24) is 14.8 Å². The van der Waals surface area contributed by atoms with Gasteiger partial charge in [-0.3, -0.25) is 4.79 Å². The smallest absolute Gasteiger partial charge is 0.277 e. The number of nitrogens with zero attached hydrogens (tertiary/aromatic N) is 3. The van der Waals surface area contributed by atoms with Gasteiger partial charge in [0, 0.05) is 17.6 Å². The normalized spacial score (nSPS) is 10.3. The Kier molecular flexibility index (Phi) is 3.84. The number of carbonyl (C=O) groups excluding carboxylic acids is 1. The second kappa shape index (κ2) is 5.40. The predicted molar refractivity (Wildman–Crippen MR) is 74.4 cm³/mol. The van der Waals surface area contributed by atoms with E-state index in [1.54, 1.807) is 19.2 Å². The number of rotatable bonds is 3. The maximum atomic E-state index is 12.0. The fraction of sp³-hybridized carbons (Fsp3) is 0.250. The summed E-state index contributed by atoms with van der Waals surface area (Å²) in [6, 6.07) is 5.12. The van der Waals surface area contributed by atoms with E-state index < -0.39 is 0 Å². The summed E-state index contributed by atoms with van der Waals surface area (Å²) in [7, 11) is 3.23. The molecule has 19 heavy (non-hydrogen) atoms. The van der Waals surface area contributed by atoms with E-state index in [0.29, 0.717) is 11.7 Å². The SMILES string of the molecule is COc1cc(C(=O)Nc2ccc(Br)c(C)n2)nn1C. The molecule has 0 unspecified atom stereocenters. The minimum absolute atomic E-state index is 0.279. The van der Waals surface area contributed by atoms with Crippen LogP contribution >= 0.6 is 15.9 Å². The van der Waals surface area contributed by atoms with Gasteiger partial charge in [-0.05, 0) is 35.0 Å². The fourth-order valence-electron chi connectivity index (χ4n) is 1.55. The lowest BCUT2D eigenvalue weighted by Gasteiger charge is -2.04. The van der Waals surface area contributed by atoms with Crippen molar-refractivity contribution in [3.05, 3.63) is 34.1 Å². The quantitative estimate of drug-likeness (QED) is 0.939. The van der Waals surface area contributed by atoms with Crippen LogP contribution in [0.2, 0.25) is 0 Å². The molecule has 6 nitrogen and oxygen atoms in total. The van der Waals surface area contributed by atoms with Crippen molar-refractivity contribution < 1.29 is 9.53 Å². The van der Waals surface area contributed by atoms with Crippen molar-refractivity contribution in [2.45, 2.75) is 6.92 Å². The van der Waals surface area contributed by atoms with Gasteiger partial charge in [-0.2, -0.15) is 5.10 Å². The minimum atomic E-state index is -0.326. The summed E-state index contributed by atoms with van der Waals surface area (Å²) in [5.41, 5.74) is 1.08. The van der Waals surface area contributed by atoms with Crippen LogP contribution in [0, 0.1) is 6.92 Å². The molecule has 0 radical (unpaired) electrons. The molecule has 2 aromatic rings. The molecule has 0 spiro atoms. The standard InChI is InChI=1S/C12H13BrN4O2/c1-7-8(13)4-5-10(14-7)15-12(18)9-6-11(19-3)17(2)16-9/h4-6H,1-3H3,(H,14,15,18). The first kappa shape index (κ1) is 13.5. The molecule has 2 aromatic heterocycles. The molecular formula is C12H13BrN4O2. The van der Waals surface area contributed by atoms with Gasteiger partial charge in [-0.25, -0.2) is 9.67 Å². The van der Waals surface area contributed by atoms with Crippen LogP contribution in [0.3, 0.4) is 0 Å². The number of hydrogen-bond donors (Lipinski definition) is 1. The monoisotopic (exact) mass is 324 g/mol. The van der Waals surface area contributed by atoms with Gasteiger partial charge in [0.1, 0.15) is 5.82 Å². The Morgan fingerprint density at radius 3 is 2.79 bits per heavy atom. The highest BCUT2D eigenvalue weighted by Gasteiger charge is 2.14. The molecule has 0 aliphatic carbocycles. The maximum Gasteiger partial charge on any atom is 0.277 e. The molecule has 2 heterocycles. The lowest BCUT2D eigenvalue weighted by molar-refractivity contribution is 0.102. The first-order valence-corrected chi connectivity index (χ1v) is 6.33. The Morgan fingerprint density at radius 1 is 1.47 bits per heavy atom.